The van der Waals surface area contributed by atoms with Crippen molar-refractivity contribution in [3.63, 3.8) is 0 Å². The highest BCUT2D eigenvalue weighted by atomic mass is 16.4. The molecule has 0 radical (unpaired) electrons. The second-order valence-corrected chi connectivity index (χ2v) is 11.7. The van der Waals surface area contributed by atoms with E-state index in [0.717, 1.165) is 11.1 Å². The number of carboxylic acids is 1. The van der Waals surface area contributed by atoms with Crippen LogP contribution in [0.2, 0.25) is 0 Å². The molecule has 46 heavy (non-hydrogen) atoms. The molecule has 12 heteroatoms. The molecule has 248 valence electrons. The molecule has 0 spiro atoms. The van der Waals surface area contributed by atoms with Crippen molar-refractivity contribution in [2.75, 3.05) is 26.2 Å². The lowest BCUT2D eigenvalue weighted by atomic mass is 10.0. The molecular weight excluding hydrogens is 590 g/mol. The van der Waals surface area contributed by atoms with Gasteiger partial charge in [0.1, 0.15) is 17.8 Å². The van der Waals surface area contributed by atoms with Crippen molar-refractivity contribution in [2.24, 2.45) is 5.92 Å². The highest BCUT2D eigenvalue weighted by Crippen LogP contribution is 2.14. The van der Waals surface area contributed by atoms with Crippen LogP contribution in [0.15, 0.2) is 66.7 Å². The quantitative estimate of drug-likeness (QED) is 0.213. The molecule has 0 aliphatic carbocycles. The summed E-state index contributed by atoms with van der Waals surface area (Å²) >= 11 is 0. The lowest BCUT2D eigenvalue weighted by Gasteiger charge is -2.32. The zero-order valence-electron chi connectivity index (χ0n) is 26.4. The standard InChI is InChI=1S/C34H45N5O7/c1-23(2)18-28(34(45)46)38-33(44)29(20-24-10-6-5-7-11-24)39-17-9-4-3-8-16-35-27(19-25-12-14-26(40)15-13-25)32(43)37-21-30(41)36-22-31(39)42/h3-7,10-15,23,27-29,35,40H,8-9,16-22H2,1-2H3,(H,36,41)(H,37,43)(H,38,44)(H,45,46)/b4-3+/t27-,28-,29-/m0/s1. The number of hydrogen-bond donors (Lipinski definition) is 6. The Morgan fingerprint density at radius 3 is 2.30 bits per heavy atom. The summed E-state index contributed by atoms with van der Waals surface area (Å²) in [6, 6.07) is 12.9. The van der Waals surface area contributed by atoms with Gasteiger partial charge in [0.2, 0.25) is 23.6 Å². The third-order valence-corrected chi connectivity index (χ3v) is 7.55. The maximum Gasteiger partial charge on any atom is 0.326 e. The van der Waals surface area contributed by atoms with Crippen molar-refractivity contribution in [3.8, 4) is 5.75 Å². The van der Waals surface area contributed by atoms with Crippen LogP contribution in [-0.2, 0) is 36.8 Å². The molecule has 0 aromatic heterocycles. The number of phenolic OH excluding ortho intramolecular Hbond substituents is 1. The first-order valence-electron chi connectivity index (χ1n) is 15.6. The minimum atomic E-state index is -1.16. The predicted molar refractivity (Wildman–Crippen MR) is 173 cm³/mol. The number of amides is 4. The highest BCUT2D eigenvalue weighted by Gasteiger charge is 2.33. The Bertz CT molecular complexity index is 1350. The molecule has 4 amide bonds. The molecule has 0 saturated carbocycles. The molecule has 12 nitrogen and oxygen atoms in total. The van der Waals surface area contributed by atoms with E-state index in [1.54, 1.807) is 24.3 Å². The number of benzene rings is 2. The number of aromatic hydroxyl groups is 1. The smallest absolute Gasteiger partial charge is 0.326 e. The number of aliphatic carboxylic acids is 1. The number of rotatable bonds is 10. The van der Waals surface area contributed by atoms with Gasteiger partial charge in [-0.25, -0.2) is 4.79 Å². The first kappa shape index (κ1) is 35.8. The van der Waals surface area contributed by atoms with Crippen LogP contribution in [0.5, 0.6) is 5.75 Å². The Hall–Kier alpha value is -4.71. The summed E-state index contributed by atoms with van der Waals surface area (Å²) in [7, 11) is 0. The van der Waals surface area contributed by atoms with Gasteiger partial charge in [-0.15, -0.1) is 0 Å². The maximum absolute atomic E-state index is 13.7. The summed E-state index contributed by atoms with van der Waals surface area (Å²) in [6.45, 7) is 3.57. The lowest BCUT2D eigenvalue weighted by Crippen LogP contribution is -2.56. The lowest BCUT2D eigenvalue weighted by molar-refractivity contribution is -0.145. The van der Waals surface area contributed by atoms with Crippen molar-refractivity contribution in [1.82, 2.24) is 26.2 Å². The fraction of sp³-hybridized carbons (Fsp3) is 0.441. The molecule has 0 bridgehead atoms. The van der Waals surface area contributed by atoms with Crippen molar-refractivity contribution in [1.29, 1.82) is 0 Å². The van der Waals surface area contributed by atoms with Gasteiger partial charge < -0.3 is 36.4 Å². The topological polar surface area (TPSA) is 177 Å². The first-order chi connectivity index (χ1) is 22.0. The molecule has 0 fully saturated rings. The van der Waals surface area contributed by atoms with Crippen LogP contribution in [0, 0.1) is 5.92 Å². The number of carbonyl (C=O) groups excluding carboxylic acids is 4. The summed E-state index contributed by atoms with van der Waals surface area (Å²) < 4.78 is 0. The maximum atomic E-state index is 13.7. The minimum absolute atomic E-state index is 0.0111. The molecule has 3 atom stereocenters. The van der Waals surface area contributed by atoms with E-state index >= 15 is 0 Å². The molecular formula is C34H45N5O7. The zero-order valence-corrected chi connectivity index (χ0v) is 26.4. The van der Waals surface area contributed by atoms with E-state index in [1.165, 1.54) is 4.90 Å². The summed E-state index contributed by atoms with van der Waals surface area (Å²) in [5, 5.41) is 30.3. The largest absolute Gasteiger partial charge is 0.508 e. The van der Waals surface area contributed by atoms with E-state index in [2.05, 4.69) is 21.3 Å². The summed E-state index contributed by atoms with van der Waals surface area (Å²) in [4.78, 5) is 66.3. The van der Waals surface area contributed by atoms with Gasteiger partial charge >= 0.3 is 5.97 Å². The van der Waals surface area contributed by atoms with E-state index < -0.39 is 48.4 Å². The van der Waals surface area contributed by atoms with Crippen molar-refractivity contribution >= 4 is 29.6 Å². The third kappa shape index (κ3) is 12.0. The third-order valence-electron chi connectivity index (χ3n) is 7.55. The van der Waals surface area contributed by atoms with E-state index in [4.69, 9.17) is 0 Å². The molecule has 0 saturated heterocycles. The van der Waals surface area contributed by atoms with Crippen LogP contribution in [0.3, 0.4) is 0 Å². The zero-order chi connectivity index (χ0) is 33.5. The van der Waals surface area contributed by atoms with Crippen molar-refractivity contribution < 1.29 is 34.2 Å². The molecule has 6 N–H and O–H groups in total. The highest BCUT2D eigenvalue weighted by molar-refractivity contribution is 5.93. The van der Waals surface area contributed by atoms with Gasteiger partial charge in [0.05, 0.1) is 19.1 Å². The van der Waals surface area contributed by atoms with Crippen LogP contribution >= 0.6 is 0 Å². The van der Waals surface area contributed by atoms with Gasteiger partial charge in [-0.1, -0.05) is 68.5 Å². The van der Waals surface area contributed by atoms with Gasteiger partial charge in [0.15, 0.2) is 0 Å². The van der Waals surface area contributed by atoms with Gasteiger partial charge in [-0.3, -0.25) is 19.2 Å². The van der Waals surface area contributed by atoms with E-state index in [-0.39, 0.29) is 43.5 Å². The Balaban J connectivity index is 1.80. The second-order valence-electron chi connectivity index (χ2n) is 11.7. The Kier molecular flexibility index (Phi) is 14.2. The molecule has 1 aliphatic heterocycles. The summed E-state index contributed by atoms with van der Waals surface area (Å²) in [5.74, 6) is -3.10. The first-order valence-corrected chi connectivity index (χ1v) is 15.6. The fourth-order valence-electron chi connectivity index (χ4n) is 5.14. The summed E-state index contributed by atoms with van der Waals surface area (Å²) in [5.41, 5.74) is 1.62. The van der Waals surface area contributed by atoms with E-state index in [1.807, 2.05) is 56.3 Å². The van der Waals surface area contributed by atoms with Crippen LogP contribution in [0.1, 0.15) is 44.2 Å². The molecule has 1 heterocycles. The minimum Gasteiger partial charge on any atom is -0.508 e. The number of hydrogen-bond acceptors (Lipinski definition) is 7. The summed E-state index contributed by atoms with van der Waals surface area (Å²) in [6.07, 6.45) is 5.51. The van der Waals surface area contributed by atoms with Gasteiger partial charge in [0, 0.05) is 13.0 Å². The Labute approximate surface area is 269 Å². The van der Waals surface area contributed by atoms with E-state index in [9.17, 15) is 34.2 Å². The SMILES string of the molecule is CC(C)C[C@H](NC(=O)[C@H](Cc1ccccc1)N1CC/C=C/CCN[C@@H](Cc2ccc(O)cc2)C(=O)NCC(=O)NCC1=O)C(=O)O. The molecule has 2 aromatic rings. The fourth-order valence-corrected chi connectivity index (χ4v) is 5.14. The molecule has 3 rings (SSSR count). The number of carbonyl (C=O) groups is 5. The van der Waals surface area contributed by atoms with Crippen molar-refractivity contribution in [3.05, 3.63) is 77.9 Å². The number of nitrogens with zero attached hydrogens (tertiary/aromatic N) is 1. The molecule has 2 aromatic carbocycles. The van der Waals surface area contributed by atoms with Crippen LogP contribution in [0.25, 0.3) is 0 Å². The monoisotopic (exact) mass is 635 g/mol. The normalized spacial score (nSPS) is 19.1. The number of carboxylic acid groups (broad SMARTS) is 1. The van der Waals surface area contributed by atoms with Crippen LogP contribution < -0.4 is 21.3 Å². The van der Waals surface area contributed by atoms with Crippen LogP contribution in [-0.4, -0.2) is 89.0 Å². The molecule has 0 unspecified atom stereocenters. The number of nitrogens with one attached hydrogen (secondary N) is 4. The Morgan fingerprint density at radius 2 is 1.63 bits per heavy atom. The van der Waals surface area contributed by atoms with Crippen molar-refractivity contribution in [2.45, 2.75) is 64.1 Å². The second kappa shape index (κ2) is 18.3. The number of phenols is 1. The molecule has 1 aliphatic rings. The average Bonchev–Trinajstić information content (AvgIpc) is 3.02. The van der Waals surface area contributed by atoms with Crippen LogP contribution in [0.4, 0.5) is 0 Å². The average molecular weight is 636 g/mol. The van der Waals surface area contributed by atoms with E-state index in [0.29, 0.717) is 25.8 Å². The van der Waals surface area contributed by atoms with Gasteiger partial charge in [0.25, 0.3) is 0 Å². The van der Waals surface area contributed by atoms with Gasteiger partial charge in [-0.05, 0) is 61.4 Å². The van der Waals surface area contributed by atoms with Gasteiger partial charge in [-0.2, -0.15) is 0 Å². The predicted octanol–water partition coefficient (Wildman–Crippen LogP) is 1.53. The Morgan fingerprint density at radius 1 is 0.935 bits per heavy atom.